The highest BCUT2D eigenvalue weighted by molar-refractivity contribution is 5.88. The van der Waals surface area contributed by atoms with Gasteiger partial charge in [-0.25, -0.2) is 0 Å². The summed E-state index contributed by atoms with van der Waals surface area (Å²) in [5.74, 6) is -0.0594. The Kier molecular flexibility index (Phi) is 6.62. The fourth-order valence-electron chi connectivity index (χ4n) is 2.90. The van der Waals surface area contributed by atoms with Crippen LogP contribution in [0.1, 0.15) is 47.0 Å². The molecule has 0 aliphatic carbocycles. The van der Waals surface area contributed by atoms with Gasteiger partial charge in [0.2, 0.25) is 5.91 Å². The SMILES string of the molecule is CC(=O)C(NC(=O)CN1CCCCC1C(C)O)C(C)C. The lowest BCUT2D eigenvalue weighted by Gasteiger charge is -2.37. The largest absolute Gasteiger partial charge is 0.392 e. The molecule has 3 atom stereocenters. The maximum atomic E-state index is 12.1. The molecule has 1 fully saturated rings. The highest BCUT2D eigenvalue weighted by Crippen LogP contribution is 2.19. The van der Waals surface area contributed by atoms with Crippen molar-refractivity contribution in [2.45, 2.75) is 65.1 Å². The number of aliphatic hydroxyl groups is 1. The minimum atomic E-state index is -0.434. The van der Waals surface area contributed by atoms with E-state index in [0.29, 0.717) is 0 Å². The fraction of sp³-hybridized carbons (Fsp3) is 0.867. The van der Waals surface area contributed by atoms with Crippen molar-refractivity contribution < 1.29 is 14.7 Å². The topological polar surface area (TPSA) is 69.6 Å². The van der Waals surface area contributed by atoms with Crippen LogP contribution in [0.5, 0.6) is 0 Å². The highest BCUT2D eigenvalue weighted by atomic mass is 16.3. The van der Waals surface area contributed by atoms with Crippen molar-refractivity contribution >= 4 is 11.7 Å². The summed E-state index contributed by atoms with van der Waals surface area (Å²) in [6.07, 6.45) is 2.63. The van der Waals surface area contributed by atoms with E-state index in [2.05, 4.69) is 5.32 Å². The van der Waals surface area contributed by atoms with Crippen LogP contribution in [0.3, 0.4) is 0 Å². The number of aliphatic hydroxyl groups excluding tert-OH is 1. The Morgan fingerprint density at radius 3 is 2.45 bits per heavy atom. The number of likely N-dealkylation sites (tertiary alicyclic amines) is 1. The summed E-state index contributed by atoms with van der Waals surface area (Å²) in [6.45, 7) is 8.21. The van der Waals surface area contributed by atoms with Gasteiger partial charge in [-0.05, 0) is 39.2 Å². The Morgan fingerprint density at radius 2 is 1.95 bits per heavy atom. The molecule has 5 heteroatoms. The molecule has 0 aromatic carbocycles. The molecule has 1 saturated heterocycles. The zero-order valence-corrected chi connectivity index (χ0v) is 13.1. The Hall–Kier alpha value is -0.940. The van der Waals surface area contributed by atoms with E-state index in [4.69, 9.17) is 0 Å². The van der Waals surface area contributed by atoms with Crippen molar-refractivity contribution in [2.75, 3.05) is 13.1 Å². The molecule has 5 nitrogen and oxygen atoms in total. The number of hydrogen-bond donors (Lipinski definition) is 2. The lowest BCUT2D eigenvalue weighted by Crippen LogP contribution is -2.52. The summed E-state index contributed by atoms with van der Waals surface area (Å²) in [4.78, 5) is 25.7. The number of nitrogens with one attached hydrogen (secondary N) is 1. The van der Waals surface area contributed by atoms with E-state index in [0.717, 1.165) is 25.8 Å². The third-order valence-corrected chi connectivity index (χ3v) is 3.99. The van der Waals surface area contributed by atoms with Crippen LogP contribution in [0.4, 0.5) is 0 Å². The number of nitrogens with zero attached hydrogens (tertiary/aromatic N) is 1. The summed E-state index contributed by atoms with van der Waals surface area (Å²) in [5.41, 5.74) is 0. The van der Waals surface area contributed by atoms with Crippen molar-refractivity contribution in [1.82, 2.24) is 10.2 Å². The van der Waals surface area contributed by atoms with Crippen LogP contribution in [0.2, 0.25) is 0 Å². The minimum absolute atomic E-state index is 0.0147. The molecular formula is C15H28N2O3. The number of piperidine rings is 1. The molecule has 0 spiro atoms. The second-order valence-electron chi connectivity index (χ2n) is 6.17. The van der Waals surface area contributed by atoms with Gasteiger partial charge in [0.15, 0.2) is 5.78 Å². The second kappa shape index (κ2) is 7.74. The number of Topliss-reactive ketones (excluding diaryl/α,β-unsaturated/α-hetero) is 1. The standard InChI is InChI=1S/C15H28N2O3/c1-10(2)15(12(4)19)16-14(20)9-17-8-6-5-7-13(17)11(3)18/h10-11,13,15,18H,5-9H2,1-4H3,(H,16,20). The Morgan fingerprint density at radius 1 is 1.30 bits per heavy atom. The van der Waals surface area contributed by atoms with E-state index < -0.39 is 12.1 Å². The first-order valence-corrected chi connectivity index (χ1v) is 7.54. The average molecular weight is 284 g/mol. The van der Waals surface area contributed by atoms with Gasteiger partial charge in [-0.2, -0.15) is 0 Å². The van der Waals surface area contributed by atoms with Gasteiger partial charge in [-0.1, -0.05) is 20.3 Å². The van der Waals surface area contributed by atoms with Crippen molar-refractivity contribution in [2.24, 2.45) is 5.92 Å². The maximum absolute atomic E-state index is 12.1. The summed E-state index contributed by atoms with van der Waals surface area (Å²) < 4.78 is 0. The predicted octanol–water partition coefficient (Wildman–Crippen LogP) is 0.951. The monoisotopic (exact) mass is 284 g/mol. The van der Waals surface area contributed by atoms with Crippen LogP contribution in [0, 0.1) is 5.92 Å². The molecule has 0 aromatic heterocycles. The number of hydrogen-bond acceptors (Lipinski definition) is 4. The maximum Gasteiger partial charge on any atom is 0.234 e. The molecule has 20 heavy (non-hydrogen) atoms. The highest BCUT2D eigenvalue weighted by Gasteiger charge is 2.29. The van der Waals surface area contributed by atoms with Crippen LogP contribution >= 0.6 is 0 Å². The smallest absolute Gasteiger partial charge is 0.234 e. The molecule has 1 aliphatic heterocycles. The van der Waals surface area contributed by atoms with Crippen molar-refractivity contribution in [3.05, 3.63) is 0 Å². The molecule has 0 saturated carbocycles. The van der Waals surface area contributed by atoms with Crippen LogP contribution < -0.4 is 5.32 Å². The minimum Gasteiger partial charge on any atom is -0.392 e. The molecule has 1 amide bonds. The van der Waals surface area contributed by atoms with Crippen LogP contribution in [-0.2, 0) is 9.59 Å². The van der Waals surface area contributed by atoms with Gasteiger partial charge >= 0.3 is 0 Å². The van der Waals surface area contributed by atoms with E-state index in [-0.39, 0.29) is 30.2 Å². The Labute approximate surface area is 121 Å². The molecule has 116 valence electrons. The summed E-state index contributed by atoms with van der Waals surface area (Å²) >= 11 is 0. The Balaban J connectivity index is 2.57. The van der Waals surface area contributed by atoms with Crippen molar-refractivity contribution in [3.63, 3.8) is 0 Å². The fourth-order valence-corrected chi connectivity index (χ4v) is 2.90. The lowest BCUT2D eigenvalue weighted by molar-refractivity contribution is -0.129. The number of rotatable bonds is 6. The van der Waals surface area contributed by atoms with Gasteiger partial charge in [0, 0.05) is 6.04 Å². The normalized spacial score (nSPS) is 23.4. The van der Waals surface area contributed by atoms with Crippen molar-refractivity contribution in [1.29, 1.82) is 0 Å². The van der Waals surface area contributed by atoms with Gasteiger partial charge in [-0.3, -0.25) is 14.5 Å². The van der Waals surface area contributed by atoms with E-state index in [1.165, 1.54) is 6.92 Å². The van der Waals surface area contributed by atoms with Gasteiger partial charge < -0.3 is 10.4 Å². The molecule has 1 heterocycles. The molecule has 0 radical (unpaired) electrons. The predicted molar refractivity (Wildman–Crippen MR) is 78.3 cm³/mol. The Bertz CT molecular complexity index is 342. The number of ketones is 1. The number of carbonyl (C=O) groups excluding carboxylic acids is 2. The molecule has 1 aliphatic rings. The third-order valence-electron chi connectivity index (χ3n) is 3.99. The summed E-state index contributed by atoms with van der Waals surface area (Å²) in [6, 6.07) is -0.374. The van der Waals surface area contributed by atoms with Crippen LogP contribution in [0.15, 0.2) is 0 Å². The number of amides is 1. The van der Waals surface area contributed by atoms with E-state index in [1.54, 1.807) is 6.92 Å². The molecule has 1 rings (SSSR count). The average Bonchev–Trinajstić information content (AvgIpc) is 2.35. The molecule has 3 unspecified atom stereocenters. The first-order chi connectivity index (χ1) is 9.32. The summed E-state index contributed by atoms with van der Waals surface area (Å²) in [5, 5.41) is 12.6. The van der Waals surface area contributed by atoms with Crippen molar-refractivity contribution in [3.8, 4) is 0 Å². The quantitative estimate of drug-likeness (QED) is 0.762. The van der Waals surface area contributed by atoms with Crippen LogP contribution in [0.25, 0.3) is 0 Å². The van der Waals surface area contributed by atoms with E-state index >= 15 is 0 Å². The third kappa shape index (κ3) is 4.87. The van der Waals surface area contributed by atoms with Gasteiger partial charge in [0.25, 0.3) is 0 Å². The summed E-state index contributed by atoms with van der Waals surface area (Å²) in [7, 11) is 0. The zero-order valence-electron chi connectivity index (χ0n) is 13.1. The van der Waals surface area contributed by atoms with Crippen LogP contribution in [-0.4, -0.2) is 53.0 Å². The number of carbonyl (C=O) groups is 2. The molecular weight excluding hydrogens is 256 g/mol. The van der Waals surface area contributed by atoms with Gasteiger partial charge in [-0.15, -0.1) is 0 Å². The first-order valence-electron chi connectivity index (χ1n) is 7.54. The molecule has 2 N–H and O–H groups in total. The van der Waals surface area contributed by atoms with E-state index in [1.807, 2.05) is 18.7 Å². The second-order valence-corrected chi connectivity index (χ2v) is 6.17. The molecule has 0 bridgehead atoms. The lowest BCUT2D eigenvalue weighted by atomic mass is 9.98. The zero-order chi connectivity index (χ0) is 15.3. The first kappa shape index (κ1) is 17.1. The van der Waals surface area contributed by atoms with E-state index in [9.17, 15) is 14.7 Å². The van der Waals surface area contributed by atoms with Gasteiger partial charge in [0.1, 0.15) is 0 Å². The van der Waals surface area contributed by atoms with Gasteiger partial charge in [0.05, 0.1) is 18.7 Å². The molecule has 0 aromatic rings.